The molecule has 2 N–H and O–H groups in total. The number of aliphatic hydroxyl groups excluding tert-OH is 1. The van der Waals surface area contributed by atoms with Crippen molar-refractivity contribution in [2.24, 2.45) is 5.92 Å². The molecule has 1 aromatic carbocycles. The Morgan fingerprint density at radius 1 is 1.24 bits per heavy atom. The minimum atomic E-state index is -0.794. The molecule has 3 rings (SSSR count). The predicted octanol–water partition coefficient (Wildman–Crippen LogP) is 4.76. The van der Waals surface area contributed by atoms with Crippen molar-refractivity contribution in [1.29, 1.82) is 0 Å². The number of aliphatic carboxylic acids is 1. The van der Waals surface area contributed by atoms with E-state index in [1.807, 2.05) is 18.2 Å². The molecular formula is C26H35ClO7. The molecule has 2 saturated heterocycles. The molecule has 2 heterocycles. The quantitative estimate of drug-likeness (QED) is 0.381. The van der Waals surface area contributed by atoms with Crippen molar-refractivity contribution in [3.63, 3.8) is 0 Å². The van der Waals surface area contributed by atoms with Crippen molar-refractivity contribution in [3.05, 3.63) is 53.6 Å². The van der Waals surface area contributed by atoms with E-state index in [0.717, 1.165) is 38.7 Å². The Kier molecular flexibility index (Phi) is 11.4. The predicted molar refractivity (Wildman–Crippen MR) is 129 cm³/mol. The van der Waals surface area contributed by atoms with Crippen LogP contribution in [0.1, 0.15) is 44.9 Å². The average molecular weight is 495 g/mol. The fourth-order valence-electron chi connectivity index (χ4n) is 4.13. The maximum absolute atomic E-state index is 10.7. The van der Waals surface area contributed by atoms with Gasteiger partial charge in [-0.05, 0) is 56.7 Å². The number of hydrogen-bond acceptors (Lipinski definition) is 6. The summed E-state index contributed by atoms with van der Waals surface area (Å²) in [6.45, 7) is 1.30. The molecule has 0 aliphatic carbocycles. The van der Waals surface area contributed by atoms with E-state index in [-0.39, 0.29) is 37.4 Å². The molecule has 2 unspecified atom stereocenters. The standard InChI is InChI=1S/C26H35ClO7/c27-19-8-7-9-21(16-19)32-17-20(28)13-14-23-22(10-3-1-2-4-11-25(29)30)24(18-33-23)34-26-12-5-6-15-31-26/h1-2,7-9,13-14,16,20,22-24,26,28H,3-6,10-12,15,17-18H2,(H,29,30)/t20?,22-,23-,24+,26?/m1/s1. The van der Waals surface area contributed by atoms with Gasteiger partial charge in [0.15, 0.2) is 6.29 Å². The van der Waals surface area contributed by atoms with Crippen LogP contribution in [0.15, 0.2) is 48.6 Å². The Morgan fingerprint density at radius 3 is 2.85 bits per heavy atom. The third-order valence-electron chi connectivity index (χ3n) is 5.91. The van der Waals surface area contributed by atoms with Crippen LogP contribution in [0.2, 0.25) is 5.02 Å². The zero-order valence-electron chi connectivity index (χ0n) is 19.4. The van der Waals surface area contributed by atoms with Crippen LogP contribution in [0.5, 0.6) is 5.75 Å². The highest BCUT2D eigenvalue weighted by molar-refractivity contribution is 6.30. The molecular weight excluding hydrogens is 460 g/mol. The third kappa shape index (κ3) is 9.39. The first-order chi connectivity index (χ1) is 16.5. The first-order valence-corrected chi connectivity index (χ1v) is 12.4. The van der Waals surface area contributed by atoms with Crippen molar-refractivity contribution < 1.29 is 34.0 Å². The minimum absolute atomic E-state index is 0.0926. The lowest BCUT2D eigenvalue weighted by Crippen LogP contribution is -2.33. The number of ether oxygens (including phenoxy) is 4. The molecule has 2 fully saturated rings. The van der Waals surface area contributed by atoms with Gasteiger partial charge in [-0.2, -0.15) is 0 Å². The molecule has 0 radical (unpaired) electrons. The lowest BCUT2D eigenvalue weighted by molar-refractivity contribution is -0.194. The number of carboxylic acid groups (broad SMARTS) is 1. The number of carbonyl (C=O) groups is 1. The summed E-state index contributed by atoms with van der Waals surface area (Å²) < 4.78 is 23.6. The summed E-state index contributed by atoms with van der Waals surface area (Å²) in [7, 11) is 0. The van der Waals surface area contributed by atoms with Crippen molar-refractivity contribution in [2.45, 2.75) is 69.5 Å². The lowest BCUT2D eigenvalue weighted by Gasteiger charge is -2.28. The highest BCUT2D eigenvalue weighted by atomic mass is 35.5. The van der Waals surface area contributed by atoms with E-state index in [1.54, 1.807) is 30.3 Å². The van der Waals surface area contributed by atoms with Crippen LogP contribution in [0.3, 0.4) is 0 Å². The highest BCUT2D eigenvalue weighted by Crippen LogP contribution is 2.32. The molecule has 34 heavy (non-hydrogen) atoms. The van der Waals surface area contributed by atoms with E-state index in [1.165, 1.54) is 0 Å². The normalized spacial score (nSPS) is 26.3. The minimum Gasteiger partial charge on any atom is -0.491 e. The summed E-state index contributed by atoms with van der Waals surface area (Å²) >= 11 is 5.97. The van der Waals surface area contributed by atoms with Crippen LogP contribution in [-0.4, -0.2) is 60.6 Å². The van der Waals surface area contributed by atoms with Gasteiger partial charge in [0.25, 0.3) is 0 Å². The summed E-state index contributed by atoms with van der Waals surface area (Å²) in [6, 6.07) is 7.05. The van der Waals surface area contributed by atoms with E-state index >= 15 is 0 Å². The Hall–Kier alpha value is -1.90. The number of rotatable bonds is 13. The highest BCUT2D eigenvalue weighted by Gasteiger charge is 2.38. The van der Waals surface area contributed by atoms with Crippen LogP contribution in [-0.2, 0) is 19.0 Å². The maximum Gasteiger partial charge on any atom is 0.303 e. The summed E-state index contributed by atoms with van der Waals surface area (Å²) in [5.74, 6) is -0.0876. The molecule has 0 bridgehead atoms. The molecule has 0 amide bonds. The number of aliphatic hydroxyl groups is 1. The zero-order chi connectivity index (χ0) is 24.2. The number of allylic oxidation sites excluding steroid dienone is 2. The van der Waals surface area contributed by atoms with Crippen molar-refractivity contribution in [3.8, 4) is 5.75 Å². The Balaban J connectivity index is 1.53. The largest absolute Gasteiger partial charge is 0.491 e. The van der Waals surface area contributed by atoms with Gasteiger partial charge >= 0.3 is 5.97 Å². The van der Waals surface area contributed by atoms with Gasteiger partial charge in [0.1, 0.15) is 18.5 Å². The molecule has 7 nitrogen and oxygen atoms in total. The average Bonchev–Trinajstić information content (AvgIpc) is 3.20. The van der Waals surface area contributed by atoms with E-state index in [4.69, 9.17) is 35.7 Å². The molecule has 8 heteroatoms. The summed E-state index contributed by atoms with van der Waals surface area (Å²) in [5.41, 5.74) is 0. The van der Waals surface area contributed by atoms with Crippen LogP contribution in [0.4, 0.5) is 0 Å². The van der Waals surface area contributed by atoms with Gasteiger partial charge in [0.2, 0.25) is 0 Å². The molecule has 0 aromatic heterocycles. The van der Waals surface area contributed by atoms with Gasteiger partial charge < -0.3 is 29.2 Å². The second-order valence-corrected chi connectivity index (χ2v) is 9.07. The number of halogens is 1. The Bertz CT molecular complexity index is 806. The topological polar surface area (TPSA) is 94.5 Å². The van der Waals surface area contributed by atoms with Crippen molar-refractivity contribution >= 4 is 17.6 Å². The van der Waals surface area contributed by atoms with E-state index in [2.05, 4.69) is 0 Å². The second kappa shape index (κ2) is 14.5. The molecule has 0 saturated carbocycles. The third-order valence-corrected chi connectivity index (χ3v) is 6.15. The van der Waals surface area contributed by atoms with Crippen molar-refractivity contribution in [2.75, 3.05) is 19.8 Å². The monoisotopic (exact) mass is 494 g/mol. The molecule has 2 aliphatic heterocycles. The molecule has 0 spiro atoms. The summed E-state index contributed by atoms with van der Waals surface area (Å²) in [6.07, 6.45) is 11.6. The van der Waals surface area contributed by atoms with Gasteiger partial charge in [-0.15, -0.1) is 0 Å². The van der Waals surface area contributed by atoms with Crippen LogP contribution in [0, 0.1) is 5.92 Å². The summed E-state index contributed by atoms with van der Waals surface area (Å²) in [5, 5.41) is 19.7. The van der Waals surface area contributed by atoms with Gasteiger partial charge in [0.05, 0.1) is 18.8 Å². The first kappa shape index (κ1) is 26.7. The maximum atomic E-state index is 10.7. The van der Waals surface area contributed by atoms with Crippen LogP contribution >= 0.6 is 11.6 Å². The number of benzene rings is 1. The lowest BCUT2D eigenvalue weighted by atomic mass is 9.92. The number of hydrogen-bond donors (Lipinski definition) is 2. The van der Waals surface area contributed by atoms with Crippen LogP contribution < -0.4 is 4.74 Å². The fraction of sp³-hybridized carbons (Fsp3) is 0.577. The van der Waals surface area contributed by atoms with E-state index in [0.29, 0.717) is 23.8 Å². The van der Waals surface area contributed by atoms with Gasteiger partial charge in [-0.1, -0.05) is 42.0 Å². The Labute approximate surface area is 206 Å². The zero-order valence-corrected chi connectivity index (χ0v) is 20.1. The molecule has 1 aromatic rings. The van der Waals surface area contributed by atoms with Gasteiger partial charge in [-0.25, -0.2) is 0 Å². The number of carboxylic acids is 1. The Morgan fingerprint density at radius 2 is 2.09 bits per heavy atom. The van der Waals surface area contributed by atoms with Gasteiger partial charge in [-0.3, -0.25) is 4.79 Å². The second-order valence-electron chi connectivity index (χ2n) is 8.63. The van der Waals surface area contributed by atoms with Gasteiger partial charge in [0, 0.05) is 24.0 Å². The van der Waals surface area contributed by atoms with E-state index in [9.17, 15) is 9.90 Å². The molecule has 2 aliphatic rings. The SMILES string of the molecule is O=C(O)CCC=CCC[C@H]1[C@@H](OC2CCCCO2)CO[C@@H]1C=CC(O)COc1cccc(Cl)c1. The molecule has 188 valence electrons. The van der Waals surface area contributed by atoms with Crippen LogP contribution in [0.25, 0.3) is 0 Å². The summed E-state index contributed by atoms with van der Waals surface area (Å²) in [4.78, 5) is 10.7. The first-order valence-electron chi connectivity index (χ1n) is 12.0. The fourth-order valence-corrected chi connectivity index (χ4v) is 4.31. The molecule has 5 atom stereocenters. The smallest absolute Gasteiger partial charge is 0.303 e. The van der Waals surface area contributed by atoms with Crippen molar-refractivity contribution in [1.82, 2.24) is 0 Å². The van der Waals surface area contributed by atoms with E-state index < -0.39 is 12.1 Å².